The van der Waals surface area contributed by atoms with Gasteiger partial charge in [0.15, 0.2) is 0 Å². The van der Waals surface area contributed by atoms with Gasteiger partial charge in [0.25, 0.3) is 11.8 Å². The van der Waals surface area contributed by atoms with Crippen LogP contribution in [0.2, 0.25) is 5.02 Å². The molecule has 1 N–H and O–H groups in total. The van der Waals surface area contributed by atoms with Gasteiger partial charge in [0.2, 0.25) is 0 Å². The number of piperidine rings is 1. The van der Waals surface area contributed by atoms with Crippen LogP contribution in [0.1, 0.15) is 46.9 Å². The highest BCUT2D eigenvalue weighted by Crippen LogP contribution is 2.36. The Hall–Kier alpha value is -2.60. The van der Waals surface area contributed by atoms with Crippen molar-refractivity contribution in [2.75, 3.05) is 23.3 Å². The predicted octanol–water partition coefficient (Wildman–Crippen LogP) is 4.52. The van der Waals surface area contributed by atoms with Gasteiger partial charge in [-0.2, -0.15) is 0 Å². The SMILES string of the molecule is CCN1c2cc(C(=O)Nc3ccc(Cl)cc3F)ccc2C(=O)N2CCCCC21. The lowest BCUT2D eigenvalue weighted by atomic mass is 9.97. The minimum Gasteiger partial charge on any atom is -0.351 e. The molecule has 2 amide bonds. The van der Waals surface area contributed by atoms with Crippen LogP contribution >= 0.6 is 11.6 Å². The molecule has 7 heteroatoms. The Labute approximate surface area is 168 Å². The topological polar surface area (TPSA) is 52.7 Å². The molecule has 0 radical (unpaired) electrons. The number of halogens is 2. The standard InChI is InChI=1S/C21H21ClFN3O2/c1-2-25-18-11-13(20(27)24-17-9-7-14(22)12-16(17)23)6-8-15(18)21(28)26-10-4-3-5-19(25)26/h6-9,11-12,19H,2-5,10H2,1H3,(H,24,27). The van der Waals surface area contributed by atoms with Crippen LogP contribution in [-0.2, 0) is 0 Å². The predicted molar refractivity (Wildman–Crippen MR) is 108 cm³/mol. The molecule has 2 aromatic carbocycles. The maximum absolute atomic E-state index is 14.0. The third-order valence-corrected chi connectivity index (χ3v) is 5.65. The molecule has 146 valence electrons. The second kappa shape index (κ2) is 7.43. The van der Waals surface area contributed by atoms with Gasteiger partial charge in [-0.05, 0) is 62.6 Å². The van der Waals surface area contributed by atoms with Crippen molar-refractivity contribution >= 4 is 34.8 Å². The maximum atomic E-state index is 14.0. The smallest absolute Gasteiger partial charge is 0.257 e. The molecule has 4 rings (SSSR count). The van der Waals surface area contributed by atoms with E-state index in [2.05, 4.69) is 10.2 Å². The van der Waals surface area contributed by atoms with E-state index in [0.717, 1.165) is 44.1 Å². The summed E-state index contributed by atoms with van der Waals surface area (Å²) >= 11 is 5.76. The molecular formula is C21H21ClFN3O2. The van der Waals surface area contributed by atoms with Crippen molar-refractivity contribution in [3.63, 3.8) is 0 Å². The quantitative estimate of drug-likeness (QED) is 0.822. The number of carbonyl (C=O) groups excluding carboxylic acids is 2. The van der Waals surface area contributed by atoms with Crippen molar-refractivity contribution in [3.05, 3.63) is 58.4 Å². The van der Waals surface area contributed by atoms with Gasteiger partial charge in [-0.1, -0.05) is 11.6 Å². The first-order chi connectivity index (χ1) is 13.5. The summed E-state index contributed by atoms with van der Waals surface area (Å²) in [6.45, 7) is 3.54. The summed E-state index contributed by atoms with van der Waals surface area (Å²) in [6.07, 6.45) is 3.05. The Bertz CT molecular complexity index is 949. The summed E-state index contributed by atoms with van der Waals surface area (Å²) in [5.74, 6) is -1.01. The van der Waals surface area contributed by atoms with Crippen molar-refractivity contribution < 1.29 is 14.0 Å². The zero-order valence-corrected chi connectivity index (χ0v) is 16.3. The zero-order chi connectivity index (χ0) is 19.8. The molecule has 2 heterocycles. The molecule has 0 aliphatic carbocycles. The lowest BCUT2D eigenvalue weighted by Crippen LogP contribution is -2.57. The molecule has 1 fully saturated rings. The molecule has 1 saturated heterocycles. The van der Waals surface area contributed by atoms with Crippen LogP contribution in [0.15, 0.2) is 36.4 Å². The Kier molecular flexibility index (Phi) is 4.98. The molecule has 2 aromatic rings. The molecule has 28 heavy (non-hydrogen) atoms. The number of hydrogen-bond acceptors (Lipinski definition) is 3. The molecule has 1 atom stereocenters. The molecular weight excluding hydrogens is 381 g/mol. The van der Waals surface area contributed by atoms with E-state index in [4.69, 9.17) is 11.6 Å². The Balaban J connectivity index is 1.66. The van der Waals surface area contributed by atoms with Gasteiger partial charge in [-0.3, -0.25) is 9.59 Å². The summed E-state index contributed by atoms with van der Waals surface area (Å²) < 4.78 is 14.0. The fourth-order valence-electron chi connectivity index (χ4n) is 4.05. The van der Waals surface area contributed by atoms with Crippen LogP contribution < -0.4 is 10.2 Å². The van der Waals surface area contributed by atoms with E-state index in [1.54, 1.807) is 18.2 Å². The number of anilines is 2. The summed E-state index contributed by atoms with van der Waals surface area (Å²) in [5.41, 5.74) is 1.81. The molecule has 0 aromatic heterocycles. The van der Waals surface area contributed by atoms with E-state index in [1.165, 1.54) is 12.1 Å². The third-order valence-electron chi connectivity index (χ3n) is 5.41. The van der Waals surface area contributed by atoms with Gasteiger partial charge in [0.05, 0.1) is 16.9 Å². The summed E-state index contributed by atoms with van der Waals surface area (Å²) in [4.78, 5) is 29.7. The molecule has 0 spiro atoms. The van der Waals surface area contributed by atoms with Gasteiger partial charge in [0, 0.05) is 23.7 Å². The highest BCUT2D eigenvalue weighted by molar-refractivity contribution is 6.30. The molecule has 5 nitrogen and oxygen atoms in total. The monoisotopic (exact) mass is 401 g/mol. The first-order valence-corrected chi connectivity index (χ1v) is 9.85. The largest absolute Gasteiger partial charge is 0.351 e. The number of fused-ring (bicyclic) bond motifs is 2. The zero-order valence-electron chi connectivity index (χ0n) is 15.5. The van der Waals surface area contributed by atoms with Crippen molar-refractivity contribution in [1.29, 1.82) is 0 Å². The second-order valence-electron chi connectivity index (χ2n) is 7.07. The fraction of sp³-hybridized carbons (Fsp3) is 0.333. The second-order valence-corrected chi connectivity index (χ2v) is 7.51. The van der Waals surface area contributed by atoms with Crippen molar-refractivity contribution in [2.24, 2.45) is 0 Å². The van der Waals surface area contributed by atoms with E-state index in [0.29, 0.717) is 11.1 Å². The lowest BCUT2D eigenvalue weighted by Gasteiger charge is -2.47. The normalized spacial score (nSPS) is 18.5. The average Bonchev–Trinajstić information content (AvgIpc) is 2.70. The molecule has 0 bridgehead atoms. The Morgan fingerprint density at radius 1 is 1.25 bits per heavy atom. The maximum Gasteiger partial charge on any atom is 0.257 e. The van der Waals surface area contributed by atoms with E-state index < -0.39 is 11.7 Å². The van der Waals surface area contributed by atoms with Gasteiger partial charge >= 0.3 is 0 Å². The summed E-state index contributed by atoms with van der Waals surface area (Å²) in [5, 5.41) is 2.84. The van der Waals surface area contributed by atoms with Crippen LogP contribution in [0.3, 0.4) is 0 Å². The highest BCUT2D eigenvalue weighted by atomic mass is 35.5. The van der Waals surface area contributed by atoms with Crippen molar-refractivity contribution in [1.82, 2.24) is 4.90 Å². The Morgan fingerprint density at radius 3 is 2.82 bits per heavy atom. The van der Waals surface area contributed by atoms with E-state index in [-0.39, 0.29) is 22.8 Å². The number of rotatable bonds is 3. The van der Waals surface area contributed by atoms with Crippen LogP contribution in [0.4, 0.5) is 15.8 Å². The third kappa shape index (κ3) is 3.22. The van der Waals surface area contributed by atoms with E-state index in [1.807, 2.05) is 11.8 Å². The Morgan fingerprint density at radius 2 is 2.07 bits per heavy atom. The first-order valence-electron chi connectivity index (χ1n) is 9.47. The number of hydrogen-bond donors (Lipinski definition) is 1. The number of nitrogens with one attached hydrogen (secondary N) is 1. The minimum absolute atomic E-state index is 0.0140. The van der Waals surface area contributed by atoms with Gasteiger partial charge in [-0.25, -0.2) is 4.39 Å². The summed E-state index contributed by atoms with van der Waals surface area (Å²) in [7, 11) is 0. The number of amides is 2. The molecule has 0 saturated carbocycles. The fourth-order valence-corrected chi connectivity index (χ4v) is 4.21. The highest BCUT2D eigenvalue weighted by Gasteiger charge is 2.38. The van der Waals surface area contributed by atoms with Gasteiger partial charge < -0.3 is 15.1 Å². The number of carbonyl (C=O) groups is 2. The minimum atomic E-state index is -0.595. The number of benzene rings is 2. The van der Waals surface area contributed by atoms with Crippen molar-refractivity contribution in [3.8, 4) is 0 Å². The molecule has 1 unspecified atom stereocenters. The number of nitrogens with zero attached hydrogens (tertiary/aromatic N) is 2. The molecule has 2 aliphatic heterocycles. The van der Waals surface area contributed by atoms with Crippen molar-refractivity contribution in [2.45, 2.75) is 32.4 Å². The van der Waals surface area contributed by atoms with Crippen LogP contribution in [-0.4, -0.2) is 36.0 Å². The summed E-state index contributed by atoms with van der Waals surface area (Å²) in [6, 6.07) is 9.12. The van der Waals surface area contributed by atoms with E-state index in [9.17, 15) is 14.0 Å². The molecule has 2 aliphatic rings. The van der Waals surface area contributed by atoms with Gasteiger partial charge in [-0.15, -0.1) is 0 Å². The van der Waals surface area contributed by atoms with Crippen LogP contribution in [0.25, 0.3) is 0 Å². The first kappa shape index (κ1) is 18.7. The average molecular weight is 402 g/mol. The lowest BCUT2D eigenvalue weighted by molar-refractivity contribution is 0.0582. The van der Waals surface area contributed by atoms with Crippen LogP contribution in [0.5, 0.6) is 0 Å². The van der Waals surface area contributed by atoms with Gasteiger partial charge in [0.1, 0.15) is 12.0 Å². The van der Waals surface area contributed by atoms with Crippen LogP contribution in [0, 0.1) is 5.82 Å². The van der Waals surface area contributed by atoms with E-state index >= 15 is 0 Å².